The summed E-state index contributed by atoms with van der Waals surface area (Å²) >= 11 is 0. The third-order valence-corrected chi connectivity index (χ3v) is 18.6. The van der Waals surface area contributed by atoms with Gasteiger partial charge in [-0.15, -0.1) is 0 Å². The number of carbonyl (C=O) groups excluding carboxylic acids is 1. The lowest BCUT2D eigenvalue weighted by Crippen LogP contribution is -2.66. The summed E-state index contributed by atoms with van der Waals surface area (Å²) in [5.41, 5.74) is 0. The van der Waals surface area contributed by atoms with E-state index in [2.05, 4.69) is 19.2 Å². The molecule has 0 aliphatic carbocycles. The second-order valence-corrected chi connectivity index (χ2v) is 26.4. The summed E-state index contributed by atoms with van der Waals surface area (Å²) in [6, 6.07) is -0.968. The third-order valence-electron chi connectivity index (χ3n) is 18.6. The zero-order valence-corrected chi connectivity index (χ0v) is 55.7. The van der Waals surface area contributed by atoms with E-state index in [9.17, 15) is 61.0 Å². The van der Waals surface area contributed by atoms with Gasteiger partial charge in [-0.25, -0.2) is 0 Å². The van der Waals surface area contributed by atoms with Gasteiger partial charge in [-0.1, -0.05) is 283 Å². The Balaban J connectivity index is 1.34. The van der Waals surface area contributed by atoms with Gasteiger partial charge >= 0.3 is 0 Å². The second-order valence-electron chi connectivity index (χ2n) is 26.4. The van der Waals surface area contributed by atoms with Gasteiger partial charge in [-0.3, -0.25) is 4.79 Å². The first-order valence-corrected chi connectivity index (χ1v) is 36.4. The number of hydrogen-bond donors (Lipinski definition) is 12. The van der Waals surface area contributed by atoms with Crippen LogP contribution >= 0.6 is 0 Å². The van der Waals surface area contributed by atoms with Gasteiger partial charge < -0.3 is 89.9 Å². The number of carbonyl (C=O) groups is 1. The first kappa shape index (κ1) is 81.8. The van der Waals surface area contributed by atoms with Crippen molar-refractivity contribution in [1.29, 1.82) is 0 Å². The molecule has 12 N–H and O–H groups in total. The molecular formula is C70H133NO18. The van der Waals surface area contributed by atoms with Crippen molar-refractivity contribution in [2.24, 2.45) is 0 Å². The molecule has 0 aromatic carbocycles. The van der Waals surface area contributed by atoms with Crippen LogP contribution in [0, 0.1) is 0 Å². The van der Waals surface area contributed by atoms with Crippen LogP contribution in [0.5, 0.6) is 0 Å². The molecule has 17 atom stereocenters. The van der Waals surface area contributed by atoms with Gasteiger partial charge in [0, 0.05) is 6.42 Å². The largest absolute Gasteiger partial charge is 0.394 e. The van der Waals surface area contributed by atoms with Crippen molar-refractivity contribution < 1.29 is 89.4 Å². The Hall–Kier alpha value is -1.47. The van der Waals surface area contributed by atoms with E-state index in [1.165, 1.54) is 225 Å². The van der Waals surface area contributed by atoms with Gasteiger partial charge in [-0.2, -0.15) is 0 Å². The quantitative estimate of drug-likeness (QED) is 0.0199. The molecule has 19 heteroatoms. The fourth-order valence-corrected chi connectivity index (χ4v) is 12.7. The highest BCUT2D eigenvalue weighted by Crippen LogP contribution is 2.33. The van der Waals surface area contributed by atoms with Crippen LogP contribution in [0.3, 0.4) is 0 Å². The predicted octanol–water partition coefficient (Wildman–Crippen LogP) is 10.1. The molecule has 0 spiro atoms. The Kier molecular flexibility index (Phi) is 48.5. The van der Waals surface area contributed by atoms with Crippen LogP contribution in [0.4, 0.5) is 0 Å². The van der Waals surface area contributed by atoms with Crippen molar-refractivity contribution >= 4 is 5.91 Å². The minimum Gasteiger partial charge on any atom is -0.394 e. The number of nitrogens with one attached hydrogen (secondary N) is 1. The molecule has 0 saturated carbocycles. The highest BCUT2D eigenvalue weighted by atomic mass is 16.8. The van der Waals surface area contributed by atoms with Crippen LogP contribution in [-0.4, -0.2) is 193 Å². The lowest BCUT2D eigenvalue weighted by Gasteiger charge is -2.48. The molecule has 89 heavy (non-hydrogen) atoms. The number of ether oxygens (including phenoxy) is 6. The lowest BCUT2D eigenvalue weighted by molar-refractivity contribution is -0.379. The molecule has 0 aromatic rings. The molecule has 3 heterocycles. The van der Waals surface area contributed by atoms with Gasteiger partial charge in [0.25, 0.3) is 0 Å². The number of rotatable bonds is 57. The van der Waals surface area contributed by atoms with Crippen molar-refractivity contribution in [3.05, 3.63) is 12.2 Å². The van der Waals surface area contributed by atoms with Crippen molar-refractivity contribution in [3.8, 4) is 0 Å². The molecule has 3 rings (SSSR count). The molecule has 17 unspecified atom stereocenters. The normalized spacial score (nSPS) is 28.2. The van der Waals surface area contributed by atoms with Crippen LogP contribution < -0.4 is 5.32 Å². The molecule has 19 nitrogen and oxygen atoms in total. The predicted molar refractivity (Wildman–Crippen MR) is 347 cm³/mol. The van der Waals surface area contributed by atoms with Gasteiger partial charge in [0.1, 0.15) is 73.2 Å². The fourth-order valence-electron chi connectivity index (χ4n) is 12.7. The molecule has 3 aliphatic heterocycles. The maximum absolute atomic E-state index is 13.3. The summed E-state index contributed by atoms with van der Waals surface area (Å²) < 4.78 is 34.3. The SMILES string of the molecule is CCCCCCCCCCCCCCCCCCCCCCCCCCCCCCCCC/C=C/C(O)C(COC1OC(CO)C(OC2OC(CO)C(OC3OC(CO)C(O)C(O)C3O)C(O)C2O)C(O)C1O)NC(=O)CCCCCCCCCCCCC. The van der Waals surface area contributed by atoms with Crippen molar-refractivity contribution in [2.75, 3.05) is 26.4 Å². The van der Waals surface area contributed by atoms with Crippen LogP contribution in [0.25, 0.3) is 0 Å². The second kappa shape index (κ2) is 52.8. The molecule has 0 bridgehead atoms. The summed E-state index contributed by atoms with van der Waals surface area (Å²) in [5.74, 6) is -0.273. The van der Waals surface area contributed by atoms with E-state index >= 15 is 0 Å². The average Bonchev–Trinajstić information content (AvgIpc) is 3.46. The van der Waals surface area contributed by atoms with E-state index in [0.717, 1.165) is 44.9 Å². The number of unbranched alkanes of at least 4 members (excludes halogenated alkanes) is 41. The standard InChI is InChI=1S/C70H133NO18/c1-3-5-7-9-11-13-15-16-17-18-19-20-21-22-23-24-25-26-27-28-29-30-31-32-33-34-35-36-38-39-41-43-45-47-54(75)53(71-58(76)48-46-44-42-40-37-14-12-10-8-6-4-2)52-84-68-64(82)61(79)66(56(50-73)86-68)89-70-65(83)62(80)67(57(51-74)87-70)88-69-63(81)60(78)59(77)55(49-72)85-69/h45,47,53-57,59-70,72-75,77-83H,3-44,46,48-52H2,1-2H3,(H,71,76)/b47-45+. The van der Waals surface area contributed by atoms with Gasteiger partial charge in [0.2, 0.25) is 5.91 Å². The molecule has 526 valence electrons. The number of aliphatic hydroxyl groups excluding tert-OH is 11. The first-order valence-electron chi connectivity index (χ1n) is 36.4. The Bertz CT molecular complexity index is 1670. The third kappa shape index (κ3) is 34.7. The maximum Gasteiger partial charge on any atom is 0.220 e. The molecule has 3 saturated heterocycles. The Morgan fingerprint density at radius 3 is 1.06 bits per heavy atom. The zero-order chi connectivity index (χ0) is 64.7. The summed E-state index contributed by atoms with van der Waals surface area (Å²) in [5, 5.41) is 120. The minimum atomic E-state index is -1.98. The average molecular weight is 1280 g/mol. The number of amides is 1. The first-order chi connectivity index (χ1) is 43.3. The van der Waals surface area contributed by atoms with Crippen molar-refractivity contribution in [3.63, 3.8) is 0 Å². The molecule has 3 aliphatic rings. The molecule has 1 amide bonds. The number of allylic oxidation sites excluding steroid dienone is 1. The van der Waals surface area contributed by atoms with E-state index in [1.54, 1.807) is 6.08 Å². The van der Waals surface area contributed by atoms with E-state index in [-0.39, 0.29) is 18.9 Å². The fraction of sp³-hybridized carbons (Fsp3) is 0.957. The van der Waals surface area contributed by atoms with Gasteiger partial charge in [0.15, 0.2) is 18.9 Å². The number of hydrogen-bond acceptors (Lipinski definition) is 18. The Morgan fingerprint density at radius 1 is 0.393 bits per heavy atom. The van der Waals surface area contributed by atoms with Crippen LogP contribution in [0.2, 0.25) is 0 Å². The summed E-state index contributed by atoms with van der Waals surface area (Å²) in [4.78, 5) is 13.3. The van der Waals surface area contributed by atoms with E-state index < -0.39 is 124 Å². The highest BCUT2D eigenvalue weighted by molar-refractivity contribution is 5.76. The zero-order valence-electron chi connectivity index (χ0n) is 55.7. The monoisotopic (exact) mass is 1280 g/mol. The van der Waals surface area contributed by atoms with Crippen molar-refractivity contribution in [2.45, 2.75) is 401 Å². The van der Waals surface area contributed by atoms with Crippen LogP contribution in [0.1, 0.15) is 296 Å². The smallest absolute Gasteiger partial charge is 0.220 e. The number of aliphatic hydroxyl groups is 11. The highest BCUT2D eigenvalue weighted by Gasteiger charge is 2.53. The Labute approximate surface area is 537 Å². The van der Waals surface area contributed by atoms with Gasteiger partial charge in [-0.05, 0) is 19.3 Å². The van der Waals surface area contributed by atoms with Gasteiger partial charge in [0.05, 0.1) is 38.6 Å². The lowest BCUT2D eigenvalue weighted by atomic mass is 9.96. The minimum absolute atomic E-state index is 0.248. The van der Waals surface area contributed by atoms with Crippen LogP contribution in [0.15, 0.2) is 12.2 Å². The van der Waals surface area contributed by atoms with E-state index in [4.69, 9.17) is 28.4 Å². The molecule has 0 radical (unpaired) electrons. The van der Waals surface area contributed by atoms with E-state index in [1.807, 2.05) is 6.08 Å². The molecular weight excluding hydrogens is 1140 g/mol. The molecule has 0 aromatic heterocycles. The summed E-state index contributed by atoms with van der Waals surface area (Å²) in [7, 11) is 0. The molecule has 3 fully saturated rings. The summed E-state index contributed by atoms with van der Waals surface area (Å²) in [6.45, 7) is 1.75. The maximum atomic E-state index is 13.3. The van der Waals surface area contributed by atoms with Crippen LogP contribution in [-0.2, 0) is 33.2 Å². The Morgan fingerprint density at radius 2 is 0.697 bits per heavy atom. The van der Waals surface area contributed by atoms with E-state index in [0.29, 0.717) is 6.42 Å². The van der Waals surface area contributed by atoms with Crippen molar-refractivity contribution in [1.82, 2.24) is 5.32 Å². The topological polar surface area (TPSA) is 307 Å². The summed E-state index contributed by atoms with van der Waals surface area (Å²) in [6.07, 6.45) is 32.3.